The Labute approximate surface area is 177 Å². The fraction of sp³-hybridized carbons (Fsp3) is 0.190. The molecule has 2 amide bonds. The number of amides is 2. The molecule has 2 heterocycles. The van der Waals surface area contributed by atoms with Crippen LogP contribution in [0, 0.1) is 0 Å². The molecule has 0 saturated carbocycles. The summed E-state index contributed by atoms with van der Waals surface area (Å²) in [6, 6.07) is 14.4. The number of aromatic nitrogens is 2. The molecule has 2 N–H and O–H groups in total. The van der Waals surface area contributed by atoms with E-state index in [0.29, 0.717) is 10.8 Å². The Morgan fingerprint density at radius 3 is 2.76 bits per heavy atom. The largest absolute Gasteiger partial charge is 0.342 e. The average molecular weight is 427 g/mol. The summed E-state index contributed by atoms with van der Waals surface area (Å²) in [4.78, 5) is 30.6. The van der Waals surface area contributed by atoms with Gasteiger partial charge in [-0.1, -0.05) is 35.9 Å². The van der Waals surface area contributed by atoms with E-state index >= 15 is 0 Å². The number of halogens is 1. The van der Waals surface area contributed by atoms with Gasteiger partial charge in [-0.2, -0.15) is 0 Å². The minimum atomic E-state index is -0.489. The number of rotatable bonds is 5. The molecule has 3 aromatic rings. The number of carbonyl (C=O) groups excluding carboxylic acids is 2. The summed E-state index contributed by atoms with van der Waals surface area (Å²) in [6.45, 7) is 0. The number of nitrogens with zero attached hydrogens (tertiary/aromatic N) is 2. The number of thioether (sulfide) groups is 1. The summed E-state index contributed by atoms with van der Waals surface area (Å²) in [6.07, 6.45) is 3.58. The van der Waals surface area contributed by atoms with Crippen molar-refractivity contribution >= 4 is 40.9 Å². The summed E-state index contributed by atoms with van der Waals surface area (Å²) in [5.74, 6) is 0.315. The predicted molar refractivity (Wildman–Crippen MR) is 114 cm³/mol. The zero-order valence-electron chi connectivity index (χ0n) is 15.6. The first-order chi connectivity index (χ1) is 14.0. The van der Waals surface area contributed by atoms with Crippen molar-refractivity contribution in [2.24, 2.45) is 7.05 Å². The van der Waals surface area contributed by atoms with Gasteiger partial charge in [0.2, 0.25) is 11.8 Å². The summed E-state index contributed by atoms with van der Waals surface area (Å²) < 4.78 is 1.86. The first kappa shape index (κ1) is 19.5. The SMILES string of the molecule is Cn1ccnc1[C@@H](NC(=O)C[C@@H]1Sc2ccccc2NC1=O)c1ccc(Cl)cc1. The Balaban J connectivity index is 1.52. The van der Waals surface area contributed by atoms with E-state index in [0.717, 1.165) is 16.1 Å². The van der Waals surface area contributed by atoms with Crippen LogP contribution in [-0.4, -0.2) is 26.6 Å². The van der Waals surface area contributed by atoms with E-state index < -0.39 is 11.3 Å². The number of hydrogen-bond donors (Lipinski definition) is 2. The Morgan fingerprint density at radius 2 is 2.03 bits per heavy atom. The summed E-state index contributed by atoms with van der Waals surface area (Å²) in [7, 11) is 1.87. The highest BCUT2D eigenvalue weighted by molar-refractivity contribution is 8.01. The number of imidazole rings is 1. The van der Waals surface area contributed by atoms with Crippen molar-refractivity contribution in [3.05, 3.63) is 77.3 Å². The number of para-hydroxylation sites is 1. The highest BCUT2D eigenvalue weighted by Crippen LogP contribution is 2.36. The molecule has 6 nitrogen and oxygen atoms in total. The highest BCUT2D eigenvalue weighted by Gasteiger charge is 2.30. The third kappa shape index (κ3) is 4.31. The zero-order chi connectivity index (χ0) is 20.4. The predicted octanol–water partition coefficient (Wildman–Crippen LogP) is 3.78. The molecule has 1 aliphatic heterocycles. The van der Waals surface area contributed by atoms with Gasteiger partial charge in [-0.05, 0) is 29.8 Å². The topological polar surface area (TPSA) is 76.0 Å². The van der Waals surface area contributed by atoms with Gasteiger partial charge in [0.1, 0.15) is 11.9 Å². The van der Waals surface area contributed by atoms with Crippen LogP contribution in [0.25, 0.3) is 0 Å². The number of aryl methyl sites for hydroxylation is 1. The quantitative estimate of drug-likeness (QED) is 0.651. The lowest BCUT2D eigenvalue weighted by Crippen LogP contribution is -2.37. The molecule has 8 heteroatoms. The van der Waals surface area contributed by atoms with E-state index in [-0.39, 0.29) is 18.2 Å². The lowest BCUT2D eigenvalue weighted by atomic mass is 10.1. The number of anilines is 1. The summed E-state index contributed by atoms with van der Waals surface area (Å²) in [5, 5.41) is 6.03. The number of benzene rings is 2. The fourth-order valence-corrected chi connectivity index (χ4v) is 4.46. The van der Waals surface area contributed by atoms with Crippen molar-refractivity contribution in [1.82, 2.24) is 14.9 Å². The molecule has 0 aliphatic carbocycles. The molecule has 0 fully saturated rings. The van der Waals surface area contributed by atoms with Gasteiger partial charge in [0, 0.05) is 35.8 Å². The van der Waals surface area contributed by atoms with Crippen LogP contribution in [0.1, 0.15) is 23.9 Å². The maximum atomic E-state index is 12.9. The molecule has 1 aromatic heterocycles. The molecule has 1 aliphatic rings. The molecule has 29 heavy (non-hydrogen) atoms. The lowest BCUT2D eigenvalue weighted by molar-refractivity contribution is -0.124. The average Bonchev–Trinajstić information content (AvgIpc) is 3.13. The first-order valence-corrected chi connectivity index (χ1v) is 10.4. The van der Waals surface area contributed by atoms with Gasteiger partial charge < -0.3 is 15.2 Å². The highest BCUT2D eigenvalue weighted by atomic mass is 35.5. The maximum absolute atomic E-state index is 12.9. The van der Waals surface area contributed by atoms with Crippen LogP contribution in [0.4, 0.5) is 5.69 Å². The van der Waals surface area contributed by atoms with Crippen LogP contribution in [0.15, 0.2) is 65.8 Å². The van der Waals surface area contributed by atoms with Gasteiger partial charge in [0.25, 0.3) is 0 Å². The monoisotopic (exact) mass is 426 g/mol. The smallest absolute Gasteiger partial charge is 0.238 e. The third-order valence-corrected chi connectivity index (χ3v) is 6.23. The minimum absolute atomic E-state index is 0.0688. The van der Waals surface area contributed by atoms with E-state index in [9.17, 15) is 9.59 Å². The van der Waals surface area contributed by atoms with Crippen molar-refractivity contribution in [3.8, 4) is 0 Å². The van der Waals surface area contributed by atoms with Gasteiger partial charge in [0.15, 0.2) is 0 Å². The van der Waals surface area contributed by atoms with Crippen molar-refractivity contribution in [1.29, 1.82) is 0 Å². The Hall–Kier alpha value is -2.77. The van der Waals surface area contributed by atoms with Crippen molar-refractivity contribution in [2.45, 2.75) is 22.6 Å². The van der Waals surface area contributed by atoms with Crippen molar-refractivity contribution in [3.63, 3.8) is 0 Å². The molecule has 4 rings (SSSR count). The van der Waals surface area contributed by atoms with Crippen molar-refractivity contribution < 1.29 is 9.59 Å². The van der Waals surface area contributed by atoms with Gasteiger partial charge in [-0.25, -0.2) is 4.98 Å². The van der Waals surface area contributed by atoms with E-state index in [1.54, 1.807) is 18.3 Å². The van der Waals surface area contributed by atoms with Crippen LogP contribution >= 0.6 is 23.4 Å². The fourth-order valence-electron chi connectivity index (χ4n) is 3.22. The molecule has 2 aromatic carbocycles. The molecular formula is C21H19ClN4O2S. The summed E-state index contributed by atoms with van der Waals surface area (Å²) >= 11 is 7.42. The molecule has 0 bridgehead atoms. The van der Waals surface area contributed by atoms with Crippen LogP contribution in [0.5, 0.6) is 0 Å². The standard InChI is InChI=1S/C21H19ClN4O2S/c1-26-11-10-23-20(26)19(13-6-8-14(22)9-7-13)25-18(27)12-17-21(28)24-15-4-2-3-5-16(15)29-17/h2-11,17,19H,12H2,1H3,(H,24,28)(H,25,27)/t17-,19-/m0/s1. The first-order valence-electron chi connectivity index (χ1n) is 9.10. The molecule has 2 atom stereocenters. The molecule has 0 radical (unpaired) electrons. The lowest BCUT2D eigenvalue weighted by Gasteiger charge is -2.25. The number of hydrogen-bond acceptors (Lipinski definition) is 4. The maximum Gasteiger partial charge on any atom is 0.238 e. The van der Waals surface area contributed by atoms with Crippen LogP contribution in [0.2, 0.25) is 5.02 Å². The Bertz CT molecular complexity index is 1050. The van der Waals surface area contributed by atoms with Crippen LogP contribution in [0.3, 0.4) is 0 Å². The molecular weight excluding hydrogens is 408 g/mol. The zero-order valence-corrected chi connectivity index (χ0v) is 17.2. The van der Waals surface area contributed by atoms with Gasteiger partial charge >= 0.3 is 0 Å². The van der Waals surface area contributed by atoms with Gasteiger partial charge in [-0.3, -0.25) is 9.59 Å². The summed E-state index contributed by atoms with van der Waals surface area (Å²) in [5.41, 5.74) is 1.65. The Kier molecular flexibility index (Phi) is 5.60. The van der Waals surface area contributed by atoms with Crippen LogP contribution < -0.4 is 10.6 Å². The molecule has 0 spiro atoms. The molecule has 0 unspecified atom stereocenters. The number of carbonyl (C=O) groups is 2. The number of nitrogens with one attached hydrogen (secondary N) is 2. The molecule has 148 valence electrons. The second-order valence-electron chi connectivity index (χ2n) is 6.74. The van der Waals surface area contributed by atoms with E-state index in [1.807, 2.05) is 54.2 Å². The van der Waals surface area contributed by atoms with Crippen LogP contribution in [-0.2, 0) is 16.6 Å². The van der Waals surface area contributed by atoms with Crippen molar-refractivity contribution in [2.75, 3.05) is 5.32 Å². The molecule has 0 saturated heterocycles. The second-order valence-corrected chi connectivity index (χ2v) is 8.43. The van der Waals surface area contributed by atoms with Gasteiger partial charge in [-0.15, -0.1) is 11.8 Å². The normalized spacial score (nSPS) is 16.6. The Morgan fingerprint density at radius 1 is 1.28 bits per heavy atom. The van der Waals surface area contributed by atoms with E-state index in [2.05, 4.69) is 15.6 Å². The second kappa shape index (κ2) is 8.31. The number of fused-ring (bicyclic) bond motifs is 1. The third-order valence-electron chi connectivity index (χ3n) is 4.70. The van der Waals surface area contributed by atoms with Gasteiger partial charge in [0.05, 0.1) is 10.9 Å². The van der Waals surface area contributed by atoms with E-state index in [4.69, 9.17) is 11.6 Å². The van der Waals surface area contributed by atoms with E-state index in [1.165, 1.54) is 11.8 Å². The minimum Gasteiger partial charge on any atom is -0.342 e.